The summed E-state index contributed by atoms with van der Waals surface area (Å²) in [7, 11) is 0. The topological polar surface area (TPSA) is 17.8 Å². The van der Waals surface area contributed by atoms with Crippen molar-refractivity contribution in [2.75, 3.05) is 0 Å². The Labute approximate surface area is 111 Å². The van der Waals surface area contributed by atoms with Gasteiger partial charge in [0.05, 0.1) is 17.8 Å². The first-order chi connectivity index (χ1) is 9.28. The predicted octanol–water partition coefficient (Wildman–Crippen LogP) is 3.79. The zero-order chi connectivity index (χ0) is 13.2. The first kappa shape index (κ1) is 11.9. The quantitative estimate of drug-likeness (QED) is 0.695. The van der Waals surface area contributed by atoms with Gasteiger partial charge in [0.25, 0.3) is 0 Å². The van der Waals surface area contributed by atoms with Gasteiger partial charge in [-0.3, -0.25) is 4.68 Å². The normalized spacial score (nSPS) is 11.1. The minimum Gasteiger partial charge on any atom is -0.260 e. The highest BCUT2D eigenvalue weighted by Gasteiger charge is 2.10. The molecule has 1 heterocycles. The molecule has 0 spiro atoms. The Morgan fingerprint density at radius 2 is 1.89 bits per heavy atom. The van der Waals surface area contributed by atoms with Crippen LogP contribution < -0.4 is 0 Å². The highest BCUT2D eigenvalue weighted by Crippen LogP contribution is 2.21. The van der Waals surface area contributed by atoms with Crippen molar-refractivity contribution in [1.29, 1.82) is 0 Å². The molecule has 0 atom stereocenters. The molecular weight excluding hydrogens is 239 g/mol. The van der Waals surface area contributed by atoms with E-state index in [1.165, 1.54) is 11.6 Å². The van der Waals surface area contributed by atoms with Crippen LogP contribution in [0, 0.1) is 5.82 Å². The Kier molecular flexibility index (Phi) is 3.03. The summed E-state index contributed by atoms with van der Waals surface area (Å²) in [5.74, 6) is -0.207. The van der Waals surface area contributed by atoms with E-state index in [4.69, 9.17) is 0 Å². The standard InChI is InChI=1S/C16H15FN2/c1-2-15-14-10-13(17)8-9-16(14)19(18-15)11-12-6-4-3-5-7-12/h3-10H,2,11H2,1H3. The third-order valence-corrected chi connectivity index (χ3v) is 3.30. The average Bonchev–Trinajstić information content (AvgIpc) is 2.77. The fourth-order valence-electron chi connectivity index (χ4n) is 2.36. The van der Waals surface area contributed by atoms with E-state index in [0.717, 1.165) is 23.0 Å². The monoisotopic (exact) mass is 254 g/mol. The summed E-state index contributed by atoms with van der Waals surface area (Å²) in [6, 6.07) is 15.0. The minimum absolute atomic E-state index is 0.207. The van der Waals surface area contributed by atoms with Gasteiger partial charge in [0.2, 0.25) is 0 Å². The predicted molar refractivity (Wildman–Crippen MR) is 74.6 cm³/mol. The van der Waals surface area contributed by atoms with Crippen molar-refractivity contribution in [3.63, 3.8) is 0 Å². The van der Waals surface area contributed by atoms with Crippen LogP contribution in [0.3, 0.4) is 0 Å². The first-order valence-corrected chi connectivity index (χ1v) is 6.47. The molecule has 0 aliphatic rings. The summed E-state index contributed by atoms with van der Waals surface area (Å²) >= 11 is 0. The van der Waals surface area contributed by atoms with Gasteiger partial charge in [-0.1, -0.05) is 37.3 Å². The third kappa shape index (κ3) is 2.24. The average molecular weight is 254 g/mol. The summed E-state index contributed by atoms with van der Waals surface area (Å²) in [4.78, 5) is 0. The second kappa shape index (κ2) is 4.84. The highest BCUT2D eigenvalue weighted by molar-refractivity contribution is 5.82. The van der Waals surface area contributed by atoms with Gasteiger partial charge in [-0.15, -0.1) is 0 Å². The molecule has 1 aromatic heterocycles. The van der Waals surface area contributed by atoms with Gasteiger partial charge < -0.3 is 0 Å². The maximum atomic E-state index is 13.4. The molecule has 0 saturated carbocycles. The van der Waals surface area contributed by atoms with Gasteiger partial charge in [-0.05, 0) is 30.2 Å². The van der Waals surface area contributed by atoms with Crippen LogP contribution in [-0.4, -0.2) is 9.78 Å². The molecule has 2 aromatic carbocycles. The zero-order valence-corrected chi connectivity index (χ0v) is 10.8. The van der Waals surface area contributed by atoms with Crippen LogP contribution in [0.15, 0.2) is 48.5 Å². The van der Waals surface area contributed by atoms with Gasteiger partial charge >= 0.3 is 0 Å². The smallest absolute Gasteiger partial charge is 0.124 e. The number of hydrogen-bond donors (Lipinski definition) is 0. The van der Waals surface area contributed by atoms with E-state index in [1.54, 1.807) is 12.1 Å². The van der Waals surface area contributed by atoms with Crippen LogP contribution >= 0.6 is 0 Å². The van der Waals surface area contributed by atoms with Crippen LogP contribution in [0.25, 0.3) is 10.9 Å². The molecule has 96 valence electrons. The van der Waals surface area contributed by atoms with Gasteiger partial charge in [0.15, 0.2) is 0 Å². The second-order valence-corrected chi connectivity index (χ2v) is 4.60. The van der Waals surface area contributed by atoms with Gasteiger partial charge in [0.1, 0.15) is 5.82 Å². The lowest BCUT2D eigenvalue weighted by Crippen LogP contribution is -2.01. The van der Waals surface area contributed by atoms with Crippen LogP contribution in [0.4, 0.5) is 4.39 Å². The molecular formula is C16H15FN2. The zero-order valence-electron chi connectivity index (χ0n) is 10.8. The van der Waals surface area contributed by atoms with E-state index in [-0.39, 0.29) is 5.82 Å². The number of aromatic nitrogens is 2. The molecule has 0 radical (unpaired) electrons. The van der Waals surface area contributed by atoms with Crippen molar-refractivity contribution < 1.29 is 4.39 Å². The Bertz CT molecular complexity index is 701. The van der Waals surface area contributed by atoms with E-state index in [1.807, 2.05) is 29.8 Å². The molecule has 2 nitrogen and oxygen atoms in total. The number of halogens is 1. The van der Waals surface area contributed by atoms with Crippen LogP contribution in [0.5, 0.6) is 0 Å². The van der Waals surface area contributed by atoms with Crippen LogP contribution in [-0.2, 0) is 13.0 Å². The van der Waals surface area contributed by atoms with E-state index < -0.39 is 0 Å². The Balaban J connectivity index is 2.09. The lowest BCUT2D eigenvalue weighted by Gasteiger charge is -2.03. The summed E-state index contributed by atoms with van der Waals surface area (Å²) in [5, 5.41) is 5.51. The fraction of sp³-hybridized carbons (Fsp3) is 0.188. The van der Waals surface area contributed by atoms with E-state index in [9.17, 15) is 4.39 Å². The first-order valence-electron chi connectivity index (χ1n) is 6.47. The molecule has 0 bridgehead atoms. The highest BCUT2D eigenvalue weighted by atomic mass is 19.1. The van der Waals surface area contributed by atoms with E-state index in [0.29, 0.717) is 6.54 Å². The van der Waals surface area contributed by atoms with Crippen molar-refractivity contribution in [2.24, 2.45) is 0 Å². The molecule has 19 heavy (non-hydrogen) atoms. The Morgan fingerprint density at radius 3 is 2.63 bits per heavy atom. The summed E-state index contributed by atoms with van der Waals surface area (Å²) in [5.41, 5.74) is 3.13. The number of aryl methyl sites for hydroxylation is 1. The van der Waals surface area contributed by atoms with Crippen molar-refractivity contribution in [2.45, 2.75) is 19.9 Å². The molecule has 0 aliphatic carbocycles. The van der Waals surface area contributed by atoms with Crippen molar-refractivity contribution in [3.05, 3.63) is 65.6 Å². The second-order valence-electron chi connectivity index (χ2n) is 4.60. The Morgan fingerprint density at radius 1 is 1.11 bits per heavy atom. The number of nitrogens with zero attached hydrogens (tertiary/aromatic N) is 2. The molecule has 0 amide bonds. The molecule has 0 aliphatic heterocycles. The van der Waals surface area contributed by atoms with Gasteiger partial charge in [-0.25, -0.2) is 4.39 Å². The molecule has 0 saturated heterocycles. The molecule has 3 heteroatoms. The van der Waals surface area contributed by atoms with E-state index >= 15 is 0 Å². The SMILES string of the molecule is CCc1nn(Cc2ccccc2)c2ccc(F)cc12. The summed E-state index contributed by atoms with van der Waals surface area (Å²) in [6.45, 7) is 2.75. The summed E-state index contributed by atoms with van der Waals surface area (Å²) in [6.07, 6.45) is 0.807. The molecule has 0 fully saturated rings. The van der Waals surface area contributed by atoms with Crippen LogP contribution in [0.2, 0.25) is 0 Å². The maximum absolute atomic E-state index is 13.4. The number of rotatable bonds is 3. The summed E-state index contributed by atoms with van der Waals surface area (Å²) < 4.78 is 15.3. The van der Waals surface area contributed by atoms with Crippen molar-refractivity contribution in [1.82, 2.24) is 9.78 Å². The number of benzene rings is 2. The molecule has 0 unspecified atom stereocenters. The molecule has 3 rings (SSSR count). The number of fused-ring (bicyclic) bond motifs is 1. The van der Waals surface area contributed by atoms with Gasteiger partial charge in [0, 0.05) is 5.39 Å². The van der Waals surface area contributed by atoms with Crippen molar-refractivity contribution in [3.8, 4) is 0 Å². The lowest BCUT2D eigenvalue weighted by molar-refractivity contribution is 0.629. The van der Waals surface area contributed by atoms with Gasteiger partial charge in [-0.2, -0.15) is 5.10 Å². The number of hydrogen-bond acceptors (Lipinski definition) is 1. The fourth-order valence-corrected chi connectivity index (χ4v) is 2.36. The molecule has 0 N–H and O–H groups in total. The minimum atomic E-state index is -0.207. The maximum Gasteiger partial charge on any atom is 0.124 e. The molecule has 3 aromatic rings. The van der Waals surface area contributed by atoms with Crippen LogP contribution in [0.1, 0.15) is 18.2 Å². The third-order valence-electron chi connectivity index (χ3n) is 3.30. The van der Waals surface area contributed by atoms with Crippen molar-refractivity contribution >= 4 is 10.9 Å². The largest absolute Gasteiger partial charge is 0.260 e. The lowest BCUT2D eigenvalue weighted by atomic mass is 10.1. The van der Waals surface area contributed by atoms with E-state index in [2.05, 4.69) is 17.2 Å². The Hall–Kier alpha value is -2.16.